The van der Waals surface area contributed by atoms with Crippen LogP contribution in [0, 0.1) is 0 Å². The lowest BCUT2D eigenvalue weighted by atomic mass is 10.4. The largest absolute Gasteiger partial charge is 0.419 e. The molecule has 0 N–H and O–H groups in total. The summed E-state index contributed by atoms with van der Waals surface area (Å²) in [6, 6.07) is 0. The summed E-state index contributed by atoms with van der Waals surface area (Å²) in [5, 5.41) is 0. The molecule has 0 bridgehead atoms. The van der Waals surface area contributed by atoms with Crippen LogP contribution >= 0.6 is 22.6 Å². The fourth-order valence-corrected chi connectivity index (χ4v) is 0.586. The van der Waals surface area contributed by atoms with Crippen molar-refractivity contribution < 1.29 is 22.3 Å². The van der Waals surface area contributed by atoms with Crippen molar-refractivity contribution in [2.24, 2.45) is 0 Å². The number of hydrogen-bond donors (Lipinski definition) is 0. The summed E-state index contributed by atoms with van der Waals surface area (Å²) in [6.07, 6.45) is -4.35. The standard InChI is InChI=1S/C4H5F4IO/c1-3(5,6)4(7,8)10-2-9/h2H2,1H3. The van der Waals surface area contributed by atoms with Gasteiger partial charge in [0.1, 0.15) is 4.61 Å². The molecule has 0 atom stereocenters. The predicted molar refractivity (Wildman–Crippen MR) is 35.5 cm³/mol. The number of hydrogen-bond acceptors (Lipinski definition) is 1. The van der Waals surface area contributed by atoms with Gasteiger partial charge < -0.3 is 4.74 Å². The van der Waals surface area contributed by atoms with Gasteiger partial charge in [0.15, 0.2) is 0 Å². The summed E-state index contributed by atoms with van der Waals surface area (Å²) in [5.74, 6) is -4.11. The third-order valence-electron chi connectivity index (χ3n) is 0.747. The minimum Gasteiger partial charge on any atom is -0.305 e. The Morgan fingerprint density at radius 2 is 1.70 bits per heavy atom. The molecule has 0 spiro atoms. The Labute approximate surface area is 68.9 Å². The molecule has 6 heteroatoms. The van der Waals surface area contributed by atoms with Gasteiger partial charge in [-0.05, 0) is 0 Å². The summed E-state index contributed by atoms with van der Waals surface area (Å²) in [6.45, 7) is 0.110. The molecule has 0 aliphatic carbocycles. The van der Waals surface area contributed by atoms with Crippen molar-refractivity contribution in [3.05, 3.63) is 0 Å². The quantitative estimate of drug-likeness (QED) is 0.436. The number of halogens is 5. The second-order valence-corrected chi connectivity index (χ2v) is 2.28. The zero-order chi connectivity index (χ0) is 8.41. The Morgan fingerprint density at radius 1 is 1.30 bits per heavy atom. The molecule has 0 aliphatic heterocycles. The van der Waals surface area contributed by atoms with E-state index in [1.54, 1.807) is 0 Å². The number of alkyl halides is 5. The first-order valence-electron chi connectivity index (χ1n) is 2.27. The molecule has 0 amide bonds. The zero-order valence-electron chi connectivity index (χ0n) is 5.01. The van der Waals surface area contributed by atoms with Gasteiger partial charge in [0.2, 0.25) is 0 Å². The van der Waals surface area contributed by atoms with Gasteiger partial charge in [-0.1, -0.05) is 22.6 Å². The highest BCUT2D eigenvalue weighted by molar-refractivity contribution is 14.1. The van der Waals surface area contributed by atoms with Gasteiger partial charge >= 0.3 is 12.0 Å². The van der Waals surface area contributed by atoms with Gasteiger partial charge in [-0.2, -0.15) is 17.6 Å². The summed E-state index contributed by atoms with van der Waals surface area (Å²) >= 11 is 1.42. The van der Waals surface area contributed by atoms with Crippen molar-refractivity contribution in [2.45, 2.75) is 19.0 Å². The van der Waals surface area contributed by atoms with Crippen LogP contribution in [0.25, 0.3) is 0 Å². The lowest BCUT2D eigenvalue weighted by Crippen LogP contribution is -2.39. The average molecular weight is 272 g/mol. The predicted octanol–water partition coefficient (Wildman–Crippen LogP) is 2.64. The highest BCUT2D eigenvalue weighted by atomic mass is 127. The van der Waals surface area contributed by atoms with Crippen LogP contribution in [-0.4, -0.2) is 16.6 Å². The van der Waals surface area contributed by atoms with Crippen LogP contribution in [0.4, 0.5) is 17.6 Å². The Hall–Kier alpha value is 0.410. The maximum Gasteiger partial charge on any atom is 0.419 e. The van der Waals surface area contributed by atoms with Crippen molar-refractivity contribution in [1.82, 2.24) is 0 Å². The van der Waals surface area contributed by atoms with E-state index in [1.807, 2.05) is 0 Å². The van der Waals surface area contributed by atoms with E-state index < -0.39 is 16.6 Å². The molecule has 0 saturated heterocycles. The number of rotatable bonds is 3. The van der Waals surface area contributed by atoms with Crippen molar-refractivity contribution >= 4 is 22.6 Å². The van der Waals surface area contributed by atoms with Crippen LogP contribution in [0.2, 0.25) is 0 Å². The smallest absolute Gasteiger partial charge is 0.305 e. The molecule has 0 aromatic carbocycles. The van der Waals surface area contributed by atoms with E-state index in [9.17, 15) is 17.6 Å². The molecule has 0 radical (unpaired) electrons. The van der Waals surface area contributed by atoms with Crippen molar-refractivity contribution in [3.63, 3.8) is 0 Å². The highest BCUT2D eigenvalue weighted by Crippen LogP contribution is 2.34. The first-order chi connectivity index (χ1) is 4.31. The first kappa shape index (κ1) is 10.4. The highest BCUT2D eigenvalue weighted by Gasteiger charge is 2.53. The maximum atomic E-state index is 12.0. The molecule has 10 heavy (non-hydrogen) atoms. The summed E-state index contributed by atoms with van der Waals surface area (Å²) in [4.78, 5) is 0. The van der Waals surface area contributed by atoms with E-state index in [1.165, 1.54) is 22.6 Å². The number of ether oxygens (including phenoxy) is 1. The molecular weight excluding hydrogens is 267 g/mol. The molecule has 0 aromatic rings. The van der Waals surface area contributed by atoms with E-state index in [0.717, 1.165) is 0 Å². The second kappa shape index (κ2) is 3.21. The minimum absolute atomic E-state index is 0.110. The normalized spacial score (nSPS) is 13.8. The van der Waals surface area contributed by atoms with Crippen LogP contribution in [0.5, 0.6) is 0 Å². The van der Waals surface area contributed by atoms with E-state index in [2.05, 4.69) is 4.74 Å². The Balaban J connectivity index is 4.10. The van der Waals surface area contributed by atoms with Gasteiger partial charge in [-0.3, -0.25) is 0 Å². The average Bonchev–Trinajstić information content (AvgIpc) is 1.61. The van der Waals surface area contributed by atoms with Crippen LogP contribution in [0.1, 0.15) is 6.92 Å². The Morgan fingerprint density at radius 3 is 1.80 bits per heavy atom. The molecule has 0 aromatic heterocycles. The van der Waals surface area contributed by atoms with Gasteiger partial charge in [-0.15, -0.1) is 0 Å². The molecule has 0 rings (SSSR count). The van der Waals surface area contributed by atoms with E-state index in [0.29, 0.717) is 0 Å². The molecule has 0 fully saturated rings. The monoisotopic (exact) mass is 272 g/mol. The van der Waals surface area contributed by atoms with Gasteiger partial charge in [0.25, 0.3) is 0 Å². The van der Waals surface area contributed by atoms with Crippen LogP contribution in [0.15, 0.2) is 0 Å². The van der Waals surface area contributed by atoms with E-state index >= 15 is 0 Å². The van der Waals surface area contributed by atoms with Gasteiger partial charge in [-0.25, -0.2) is 0 Å². The molecule has 0 saturated carbocycles. The third kappa shape index (κ3) is 2.57. The third-order valence-corrected chi connectivity index (χ3v) is 1.06. The molecule has 0 unspecified atom stereocenters. The van der Waals surface area contributed by atoms with Crippen LogP contribution in [0.3, 0.4) is 0 Å². The summed E-state index contributed by atoms with van der Waals surface area (Å²) in [5.41, 5.74) is 0. The Bertz CT molecular complexity index is 110. The molecular formula is C4H5F4IO. The lowest BCUT2D eigenvalue weighted by Gasteiger charge is -2.21. The summed E-state index contributed by atoms with van der Waals surface area (Å²) < 4.78 is 50.6. The minimum atomic E-state index is -4.35. The SMILES string of the molecule is CC(F)(F)C(F)(F)OCI. The summed E-state index contributed by atoms with van der Waals surface area (Å²) in [7, 11) is 0. The zero-order valence-corrected chi connectivity index (χ0v) is 7.16. The van der Waals surface area contributed by atoms with Gasteiger partial charge in [0.05, 0.1) is 0 Å². The lowest BCUT2D eigenvalue weighted by molar-refractivity contribution is -0.332. The van der Waals surface area contributed by atoms with E-state index in [-0.39, 0.29) is 6.92 Å². The fourth-order valence-electron chi connectivity index (χ4n) is 0.195. The fraction of sp³-hybridized carbons (Fsp3) is 1.00. The van der Waals surface area contributed by atoms with Crippen molar-refractivity contribution in [2.75, 3.05) is 4.61 Å². The second-order valence-electron chi connectivity index (χ2n) is 1.66. The Kier molecular flexibility index (Phi) is 3.34. The maximum absolute atomic E-state index is 12.0. The molecule has 0 heterocycles. The van der Waals surface area contributed by atoms with E-state index in [4.69, 9.17) is 0 Å². The van der Waals surface area contributed by atoms with Gasteiger partial charge in [0, 0.05) is 6.92 Å². The molecule has 0 aliphatic rings. The first-order valence-corrected chi connectivity index (χ1v) is 3.79. The molecule has 1 nitrogen and oxygen atoms in total. The van der Waals surface area contributed by atoms with Crippen LogP contribution < -0.4 is 0 Å². The van der Waals surface area contributed by atoms with Crippen molar-refractivity contribution in [1.29, 1.82) is 0 Å². The van der Waals surface area contributed by atoms with Crippen LogP contribution in [-0.2, 0) is 4.74 Å². The topological polar surface area (TPSA) is 9.23 Å². The molecule has 62 valence electrons. The van der Waals surface area contributed by atoms with Crippen molar-refractivity contribution in [3.8, 4) is 0 Å².